The Bertz CT molecular complexity index is 539. The molecule has 16 heavy (non-hydrogen) atoms. The first kappa shape index (κ1) is 11.1. The smallest absolute Gasteiger partial charge is 0.189 e. The number of nitrogens with zero attached hydrogens (tertiary/aromatic N) is 2. The summed E-state index contributed by atoms with van der Waals surface area (Å²) >= 11 is 1.69. The third kappa shape index (κ3) is 1.83. The van der Waals surface area contributed by atoms with Crippen molar-refractivity contribution >= 4 is 29.7 Å². The van der Waals surface area contributed by atoms with E-state index in [9.17, 15) is 0 Å². The molecule has 1 aliphatic rings. The zero-order chi connectivity index (χ0) is 11.8. The lowest BCUT2D eigenvalue weighted by atomic mass is 9.93. The average Bonchev–Trinajstić information content (AvgIpc) is 2.53. The van der Waals surface area contributed by atoms with Crippen molar-refractivity contribution < 1.29 is 0 Å². The molecule has 1 heterocycles. The van der Waals surface area contributed by atoms with E-state index in [1.165, 1.54) is 10.6 Å². The minimum Gasteiger partial charge on any atom is -0.293 e. The fourth-order valence-electron chi connectivity index (χ4n) is 1.67. The van der Waals surface area contributed by atoms with Crippen LogP contribution in [0.3, 0.4) is 0 Å². The quantitative estimate of drug-likeness (QED) is 0.707. The van der Waals surface area contributed by atoms with Crippen LogP contribution in [0, 0.1) is 5.41 Å². The van der Waals surface area contributed by atoms with Crippen LogP contribution in [0.2, 0.25) is 0 Å². The maximum atomic E-state index is 4.26. The van der Waals surface area contributed by atoms with Gasteiger partial charge in [-0.3, -0.25) is 9.56 Å². The van der Waals surface area contributed by atoms with Crippen LogP contribution in [0.1, 0.15) is 24.4 Å². The second-order valence-corrected chi connectivity index (χ2v) is 5.41. The van der Waals surface area contributed by atoms with Crippen LogP contribution in [0.5, 0.6) is 0 Å². The van der Waals surface area contributed by atoms with E-state index in [1.807, 2.05) is 17.8 Å². The molecule has 0 unspecified atom stereocenters. The van der Waals surface area contributed by atoms with Crippen LogP contribution in [0.4, 0.5) is 0 Å². The van der Waals surface area contributed by atoms with Crippen molar-refractivity contribution in [3.05, 3.63) is 34.1 Å². The number of rotatable bonds is 1. The molecule has 0 N–H and O–H groups in total. The molecule has 0 fully saturated rings. The maximum absolute atomic E-state index is 4.26. The van der Waals surface area contributed by atoms with Crippen LogP contribution in [0.15, 0.2) is 23.7 Å². The highest BCUT2D eigenvalue weighted by atomic mass is 32.1. The number of fused-ring (bicyclic) bond motifs is 1. The summed E-state index contributed by atoms with van der Waals surface area (Å²) in [5, 5.41) is 0. The molecule has 0 bridgehead atoms. The van der Waals surface area contributed by atoms with E-state index in [-0.39, 0.29) is 5.41 Å². The highest BCUT2D eigenvalue weighted by molar-refractivity contribution is 7.10. The SMILES string of the molecule is C=Cn1c2c(sc1=NC)C=CC(C)(C)C=C2. The summed E-state index contributed by atoms with van der Waals surface area (Å²) in [4.78, 5) is 6.47. The summed E-state index contributed by atoms with van der Waals surface area (Å²) in [5.74, 6) is 0. The van der Waals surface area contributed by atoms with Crippen molar-refractivity contribution in [1.29, 1.82) is 0 Å². The van der Waals surface area contributed by atoms with Crippen molar-refractivity contribution in [2.75, 3.05) is 7.05 Å². The lowest BCUT2D eigenvalue weighted by Crippen LogP contribution is -2.09. The molecule has 0 spiro atoms. The second-order valence-electron chi connectivity index (χ2n) is 4.40. The van der Waals surface area contributed by atoms with Crippen LogP contribution in [-0.4, -0.2) is 11.6 Å². The van der Waals surface area contributed by atoms with Gasteiger partial charge in [0.25, 0.3) is 0 Å². The second kappa shape index (κ2) is 3.91. The molecule has 2 nitrogen and oxygen atoms in total. The van der Waals surface area contributed by atoms with E-state index >= 15 is 0 Å². The molecule has 0 radical (unpaired) electrons. The molecule has 0 aromatic carbocycles. The summed E-state index contributed by atoms with van der Waals surface area (Å²) < 4.78 is 2.03. The first-order chi connectivity index (χ1) is 7.57. The number of aromatic nitrogens is 1. The first-order valence-electron chi connectivity index (χ1n) is 5.26. The van der Waals surface area contributed by atoms with Crippen LogP contribution in [-0.2, 0) is 0 Å². The fraction of sp³-hybridized carbons (Fsp3) is 0.308. The van der Waals surface area contributed by atoms with E-state index in [1.54, 1.807) is 11.3 Å². The average molecular weight is 232 g/mol. The molecule has 0 aliphatic heterocycles. The van der Waals surface area contributed by atoms with Crippen molar-refractivity contribution in [3.63, 3.8) is 0 Å². The van der Waals surface area contributed by atoms with Crippen LogP contribution in [0.25, 0.3) is 18.4 Å². The summed E-state index contributed by atoms with van der Waals surface area (Å²) in [6.07, 6.45) is 10.6. The number of allylic oxidation sites excluding steroid dienone is 2. The van der Waals surface area contributed by atoms with E-state index < -0.39 is 0 Å². The van der Waals surface area contributed by atoms with Gasteiger partial charge in [0.15, 0.2) is 4.80 Å². The standard InChI is InChI=1S/C13H16N2S/c1-5-15-10-6-8-13(2,3)9-7-11(10)16-12(15)14-4/h5-9H,1H2,2-4H3. The molecule has 0 saturated heterocycles. The molecule has 2 rings (SSSR count). The normalized spacial score (nSPS) is 18.3. The van der Waals surface area contributed by atoms with Crippen LogP contribution < -0.4 is 4.80 Å². The molecular weight excluding hydrogens is 216 g/mol. The molecule has 0 saturated carbocycles. The molecule has 0 amide bonds. The molecule has 1 aromatic rings. The van der Waals surface area contributed by atoms with E-state index in [2.05, 4.69) is 49.7 Å². The summed E-state index contributed by atoms with van der Waals surface area (Å²) in [6, 6.07) is 0. The lowest BCUT2D eigenvalue weighted by molar-refractivity contribution is 0.633. The zero-order valence-corrected chi connectivity index (χ0v) is 10.7. The lowest BCUT2D eigenvalue weighted by Gasteiger charge is -2.12. The summed E-state index contributed by atoms with van der Waals surface area (Å²) in [7, 11) is 1.81. The Morgan fingerprint density at radius 1 is 1.38 bits per heavy atom. The van der Waals surface area contributed by atoms with Gasteiger partial charge in [0, 0.05) is 18.7 Å². The van der Waals surface area contributed by atoms with E-state index in [4.69, 9.17) is 0 Å². The predicted octanol–water partition coefficient (Wildman–Crippen LogP) is 3.25. The van der Waals surface area contributed by atoms with Gasteiger partial charge in [-0.05, 0) is 12.2 Å². The van der Waals surface area contributed by atoms with Gasteiger partial charge in [-0.2, -0.15) is 0 Å². The van der Waals surface area contributed by atoms with E-state index in [0.29, 0.717) is 0 Å². The Hall–Kier alpha value is -1.35. The topological polar surface area (TPSA) is 17.3 Å². The van der Waals surface area contributed by atoms with Gasteiger partial charge in [0.05, 0.1) is 10.6 Å². The molecule has 0 atom stereocenters. The van der Waals surface area contributed by atoms with Gasteiger partial charge < -0.3 is 0 Å². The largest absolute Gasteiger partial charge is 0.293 e. The van der Waals surface area contributed by atoms with Gasteiger partial charge in [-0.15, -0.1) is 0 Å². The van der Waals surface area contributed by atoms with Crippen LogP contribution >= 0.6 is 11.3 Å². The molecular formula is C13H16N2S. The monoisotopic (exact) mass is 232 g/mol. The highest BCUT2D eigenvalue weighted by Crippen LogP contribution is 2.28. The molecule has 1 aliphatic carbocycles. The van der Waals surface area contributed by atoms with Gasteiger partial charge >= 0.3 is 0 Å². The number of thiazole rings is 1. The van der Waals surface area contributed by atoms with Gasteiger partial charge in [-0.1, -0.05) is 43.9 Å². The van der Waals surface area contributed by atoms with Crippen molar-refractivity contribution in [1.82, 2.24) is 4.57 Å². The third-order valence-corrected chi connectivity index (χ3v) is 3.76. The van der Waals surface area contributed by atoms with Crippen molar-refractivity contribution in [3.8, 4) is 0 Å². The Balaban J connectivity index is 2.69. The number of hydrogen-bond donors (Lipinski definition) is 0. The summed E-state index contributed by atoms with van der Waals surface area (Å²) in [6.45, 7) is 8.23. The molecule has 1 aromatic heterocycles. The minimum atomic E-state index is 0.112. The predicted molar refractivity (Wildman–Crippen MR) is 72.0 cm³/mol. The zero-order valence-electron chi connectivity index (χ0n) is 9.90. The Kier molecular flexibility index (Phi) is 2.72. The third-order valence-electron chi connectivity index (χ3n) is 2.63. The minimum absolute atomic E-state index is 0.112. The molecule has 84 valence electrons. The van der Waals surface area contributed by atoms with Gasteiger partial charge in [-0.25, -0.2) is 0 Å². The Morgan fingerprint density at radius 3 is 2.69 bits per heavy atom. The highest BCUT2D eigenvalue weighted by Gasteiger charge is 2.15. The Labute approximate surface area is 100.0 Å². The molecule has 3 heteroatoms. The van der Waals surface area contributed by atoms with Gasteiger partial charge in [0.2, 0.25) is 0 Å². The Morgan fingerprint density at radius 2 is 2.06 bits per heavy atom. The fourth-order valence-corrected chi connectivity index (χ4v) is 2.64. The summed E-state index contributed by atoms with van der Waals surface area (Å²) in [5.41, 5.74) is 1.28. The van der Waals surface area contributed by atoms with Crippen molar-refractivity contribution in [2.24, 2.45) is 10.4 Å². The van der Waals surface area contributed by atoms with Gasteiger partial charge in [0.1, 0.15) is 0 Å². The first-order valence-corrected chi connectivity index (χ1v) is 6.08. The van der Waals surface area contributed by atoms with Crippen molar-refractivity contribution in [2.45, 2.75) is 13.8 Å². The number of hydrogen-bond acceptors (Lipinski definition) is 2. The maximum Gasteiger partial charge on any atom is 0.189 e. The van der Waals surface area contributed by atoms with E-state index in [0.717, 1.165) is 4.80 Å².